The van der Waals surface area contributed by atoms with E-state index in [2.05, 4.69) is 22.6 Å². The SMILES string of the molecule is O=C(N[C@@H]1C[C@H]1c1ccccc1)[C@H]1CC(c2cccc(F)c2)=NO1. The molecule has 2 aromatic carbocycles. The summed E-state index contributed by atoms with van der Waals surface area (Å²) < 4.78 is 13.3. The number of nitrogens with one attached hydrogen (secondary N) is 1. The van der Waals surface area contributed by atoms with Crippen LogP contribution in [0.4, 0.5) is 4.39 Å². The number of carbonyl (C=O) groups is 1. The molecule has 1 saturated carbocycles. The van der Waals surface area contributed by atoms with Gasteiger partial charge in [0.25, 0.3) is 5.91 Å². The van der Waals surface area contributed by atoms with Crippen LogP contribution >= 0.6 is 0 Å². The molecule has 1 heterocycles. The van der Waals surface area contributed by atoms with Crippen LogP contribution in [0.25, 0.3) is 0 Å². The fraction of sp³-hybridized carbons (Fsp3) is 0.263. The predicted molar refractivity (Wildman–Crippen MR) is 88.2 cm³/mol. The topological polar surface area (TPSA) is 50.7 Å². The molecule has 1 fully saturated rings. The molecule has 2 aliphatic rings. The molecule has 4 nitrogen and oxygen atoms in total. The van der Waals surface area contributed by atoms with Crippen LogP contribution in [0.1, 0.15) is 29.9 Å². The standard InChI is InChI=1S/C19H17FN2O2/c20-14-8-4-7-13(9-14)16-11-18(24-22-16)19(23)21-17-10-15(17)12-5-2-1-3-6-12/h1-9,15,17-18H,10-11H2,(H,21,23)/t15-,17+,18+/m0/s1. The Morgan fingerprint density at radius 1 is 1.17 bits per heavy atom. The molecular formula is C19H17FN2O2. The lowest BCUT2D eigenvalue weighted by Gasteiger charge is -2.09. The Balaban J connectivity index is 1.33. The van der Waals surface area contributed by atoms with E-state index in [4.69, 9.17) is 4.84 Å². The molecule has 0 aromatic heterocycles. The van der Waals surface area contributed by atoms with E-state index in [9.17, 15) is 9.18 Å². The molecule has 1 amide bonds. The van der Waals surface area contributed by atoms with Crippen LogP contribution in [-0.2, 0) is 9.63 Å². The molecule has 0 spiro atoms. The lowest BCUT2D eigenvalue weighted by molar-refractivity contribution is -0.131. The molecule has 1 N–H and O–H groups in total. The number of carbonyl (C=O) groups excluding carboxylic acids is 1. The van der Waals surface area contributed by atoms with E-state index in [0.29, 0.717) is 23.6 Å². The smallest absolute Gasteiger partial charge is 0.264 e. The van der Waals surface area contributed by atoms with Crippen LogP contribution in [0.5, 0.6) is 0 Å². The number of benzene rings is 2. The quantitative estimate of drug-likeness (QED) is 0.940. The molecule has 4 rings (SSSR count). The average Bonchev–Trinajstić information content (AvgIpc) is 3.18. The van der Waals surface area contributed by atoms with Crippen molar-refractivity contribution in [3.63, 3.8) is 0 Å². The fourth-order valence-corrected chi connectivity index (χ4v) is 3.06. The number of oxime groups is 1. The van der Waals surface area contributed by atoms with Crippen LogP contribution in [0, 0.1) is 5.82 Å². The van der Waals surface area contributed by atoms with Gasteiger partial charge in [0, 0.05) is 23.9 Å². The van der Waals surface area contributed by atoms with Crippen molar-refractivity contribution in [2.75, 3.05) is 0 Å². The van der Waals surface area contributed by atoms with Gasteiger partial charge in [-0.05, 0) is 24.1 Å². The average molecular weight is 324 g/mol. The van der Waals surface area contributed by atoms with E-state index in [1.54, 1.807) is 12.1 Å². The van der Waals surface area contributed by atoms with Gasteiger partial charge in [0.2, 0.25) is 6.10 Å². The summed E-state index contributed by atoms with van der Waals surface area (Å²) in [5.41, 5.74) is 2.50. The van der Waals surface area contributed by atoms with Crippen molar-refractivity contribution in [3.05, 3.63) is 71.5 Å². The number of amides is 1. The minimum absolute atomic E-state index is 0.154. The van der Waals surface area contributed by atoms with Crippen molar-refractivity contribution < 1.29 is 14.0 Å². The Morgan fingerprint density at radius 2 is 2.00 bits per heavy atom. The zero-order valence-electron chi connectivity index (χ0n) is 13.0. The second kappa shape index (κ2) is 6.07. The Labute approximate surface area is 139 Å². The molecule has 0 unspecified atom stereocenters. The molecule has 1 aliphatic carbocycles. The Kier molecular flexibility index (Phi) is 3.76. The molecule has 3 atom stereocenters. The number of hydrogen-bond donors (Lipinski definition) is 1. The van der Waals surface area contributed by atoms with Gasteiger partial charge < -0.3 is 10.2 Å². The van der Waals surface area contributed by atoms with E-state index in [0.717, 1.165) is 6.42 Å². The Hall–Kier alpha value is -2.69. The van der Waals surface area contributed by atoms with Gasteiger partial charge >= 0.3 is 0 Å². The summed E-state index contributed by atoms with van der Waals surface area (Å²) in [7, 11) is 0. The summed E-state index contributed by atoms with van der Waals surface area (Å²) in [4.78, 5) is 17.6. The van der Waals surface area contributed by atoms with Gasteiger partial charge in [0.15, 0.2) is 0 Å². The van der Waals surface area contributed by atoms with Gasteiger partial charge in [-0.1, -0.05) is 47.6 Å². The van der Waals surface area contributed by atoms with Crippen molar-refractivity contribution in [1.82, 2.24) is 5.32 Å². The van der Waals surface area contributed by atoms with Crippen LogP contribution in [-0.4, -0.2) is 23.8 Å². The fourth-order valence-electron chi connectivity index (χ4n) is 3.06. The first-order chi connectivity index (χ1) is 11.7. The number of rotatable bonds is 4. The minimum Gasteiger partial charge on any atom is -0.382 e. The molecule has 5 heteroatoms. The highest BCUT2D eigenvalue weighted by Gasteiger charge is 2.41. The molecule has 0 saturated heterocycles. The first-order valence-electron chi connectivity index (χ1n) is 8.04. The van der Waals surface area contributed by atoms with E-state index in [1.807, 2.05) is 18.2 Å². The highest BCUT2D eigenvalue weighted by atomic mass is 19.1. The summed E-state index contributed by atoms with van der Waals surface area (Å²) in [6, 6.07) is 16.5. The normalized spacial score (nSPS) is 24.9. The number of halogens is 1. The van der Waals surface area contributed by atoms with Crippen molar-refractivity contribution in [2.45, 2.75) is 30.9 Å². The second-order valence-corrected chi connectivity index (χ2v) is 6.21. The van der Waals surface area contributed by atoms with Gasteiger partial charge in [-0.25, -0.2) is 4.39 Å². The molecule has 0 bridgehead atoms. The van der Waals surface area contributed by atoms with Crippen LogP contribution in [0.15, 0.2) is 59.8 Å². The maximum atomic E-state index is 13.3. The summed E-state index contributed by atoms with van der Waals surface area (Å²) in [5.74, 6) is -0.111. The minimum atomic E-state index is -0.639. The maximum absolute atomic E-state index is 13.3. The number of hydrogen-bond acceptors (Lipinski definition) is 3. The first kappa shape index (κ1) is 14.9. The van der Waals surface area contributed by atoms with Gasteiger partial charge in [-0.3, -0.25) is 4.79 Å². The highest BCUT2D eigenvalue weighted by molar-refractivity contribution is 6.04. The van der Waals surface area contributed by atoms with E-state index >= 15 is 0 Å². The molecule has 122 valence electrons. The van der Waals surface area contributed by atoms with Crippen molar-refractivity contribution in [1.29, 1.82) is 0 Å². The van der Waals surface area contributed by atoms with Gasteiger partial charge in [-0.2, -0.15) is 0 Å². The van der Waals surface area contributed by atoms with Crippen molar-refractivity contribution in [3.8, 4) is 0 Å². The van der Waals surface area contributed by atoms with E-state index in [-0.39, 0.29) is 17.8 Å². The second-order valence-electron chi connectivity index (χ2n) is 6.21. The van der Waals surface area contributed by atoms with Crippen LogP contribution < -0.4 is 5.32 Å². The van der Waals surface area contributed by atoms with Crippen LogP contribution in [0.3, 0.4) is 0 Å². The van der Waals surface area contributed by atoms with Gasteiger partial charge in [-0.15, -0.1) is 0 Å². The first-order valence-corrected chi connectivity index (χ1v) is 8.04. The zero-order valence-corrected chi connectivity index (χ0v) is 13.0. The van der Waals surface area contributed by atoms with E-state index in [1.165, 1.54) is 17.7 Å². The Bertz CT molecular complexity index is 791. The molecule has 2 aromatic rings. The summed E-state index contributed by atoms with van der Waals surface area (Å²) in [5, 5.41) is 6.96. The lowest BCUT2D eigenvalue weighted by atomic mass is 10.0. The molecule has 0 radical (unpaired) electrons. The van der Waals surface area contributed by atoms with Crippen LogP contribution in [0.2, 0.25) is 0 Å². The lowest BCUT2D eigenvalue weighted by Crippen LogP contribution is -2.36. The predicted octanol–water partition coefficient (Wildman–Crippen LogP) is 2.99. The third-order valence-electron chi connectivity index (χ3n) is 4.46. The number of nitrogens with zero attached hydrogens (tertiary/aromatic N) is 1. The summed E-state index contributed by atoms with van der Waals surface area (Å²) >= 11 is 0. The largest absolute Gasteiger partial charge is 0.382 e. The van der Waals surface area contributed by atoms with Crippen molar-refractivity contribution in [2.24, 2.45) is 5.16 Å². The molecular weight excluding hydrogens is 307 g/mol. The maximum Gasteiger partial charge on any atom is 0.264 e. The molecule has 24 heavy (non-hydrogen) atoms. The summed E-state index contributed by atoms with van der Waals surface area (Å²) in [6.07, 6.45) is 0.665. The zero-order chi connectivity index (χ0) is 16.5. The third-order valence-corrected chi connectivity index (χ3v) is 4.46. The van der Waals surface area contributed by atoms with Crippen molar-refractivity contribution >= 4 is 11.6 Å². The van der Waals surface area contributed by atoms with Gasteiger partial charge in [0.1, 0.15) is 5.82 Å². The summed E-state index contributed by atoms with van der Waals surface area (Å²) in [6.45, 7) is 0. The Morgan fingerprint density at radius 3 is 2.79 bits per heavy atom. The van der Waals surface area contributed by atoms with E-state index < -0.39 is 6.10 Å². The highest BCUT2D eigenvalue weighted by Crippen LogP contribution is 2.40. The monoisotopic (exact) mass is 324 g/mol. The molecule has 1 aliphatic heterocycles. The third kappa shape index (κ3) is 3.02. The van der Waals surface area contributed by atoms with Gasteiger partial charge in [0.05, 0.1) is 5.71 Å².